The summed E-state index contributed by atoms with van der Waals surface area (Å²) in [5.41, 5.74) is -1.10. The molecule has 8 nitrogen and oxygen atoms in total. The van der Waals surface area contributed by atoms with Crippen molar-refractivity contribution in [3.8, 4) is 0 Å². The maximum absolute atomic E-state index is 12.6. The Kier molecular flexibility index (Phi) is 4.43. The SMILES string of the molecule is O=C(O)C1(CNS(=O)(=O)c2ccnn2C2CCC2)CCOCC1. The predicted octanol–water partition coefficient (Wildman–Crippen LogP) is 0.768. The highest BCUT2D eigenvalue weighted by Gasteiger charge is 2.41. The van der Waals surface area contributed by atoms with Gasteiger partial charge in [-0.25, -0.2) is 17.8 Å². The van der Waals surface area contributed by atoms with E-state index in [4.69, 9.17) is 4.74 Å². The lowest BCUT2D eigenvalue weighted by molar-refractivity contribution is -0.154. The first kappa shape index (κ1) is 16.4. The molecule has 1 aromatic rings. The number of hydrogen-bond acceptors (Lipinski definition) is 5. The summed E-state index contributed by atoms with van der Waals surface area (Å²) < 4.78 is 34.3. The van der Waals surface area contributed by atoms with Gasteiger partial charge in [0.25, 0.3) is 10.0 Å². The third-order valence-corrected chi connectivity index (χ3v) is 6.23. The lowest BCUT2D eigenvalue weighted by atomic mass is 9.80. The van der Waals surface area contributed by atoms with E-state index in [1.165, 1.54) is 16.9 Å². The van der Waals surface area contributed by atoms with Crippen molar-refractivity contribution >= 4 is 16.0 Å². The van der Waals surface area contributed by atoms with Gasteiger partial charge >= 0.3 is 5.97 Å². The summed E-state index contributed by atoms with van der Waals surface area (Å²) in [5.74, 6) is -0.990. The molecule has 3 rings (SSSR count). The van der Waals surface area contributed by atoms with Crippen LogP contribution in [0.4, 0.5) is 0 Å². The molecule has 0 unspecified atom stereocenters. The standard InChI is InChI=1S/C14H21N3O5S/c18-13(19)14(5-8-22-9-6-14)10-16-23(20,21)12-4-7-15-17(12)11-2-1-3-11/h4,7,11,16H,1-3,5-6,8-10H2,(H,18,19). The van der Waals surface area contributed by atoms with Crippen LogP contribution in [0.5, 0.6) is 0 Å². The molecule has 2 N–H and O–H groups in total. The number of nitrogens with one attached hydrogen (secondary N) is 1. The quantitative estimate of drug-likeness (QED) is 0.789. The van der Waals surface area contributed by atoms with Gasteiger partial charge in [0.2, 0.25) is 0 Å². The first-order valence-electron chi connectivity index (χ1n) is 7.79. The molecule has 9 heteroatoms. The fourth-order valence-electron chi connectivity index (χ4n) is 2.96. The first-order chi connectivity index (χ1) is 10.9. The summed E-state index contributed by atoms with van der Waals surface area (Å²) in [6, 6.07) is 1.58. The number of aromatic nitrogens is 2. The molecule has 1 aromatic heterocycles. The third kappa shape index (κ3) is 3.13. The fraction of sp³-hybridized carbons (Fsp3) is 0.714. The minimum Gasteiger partial charge on any atom is -0.481 e. The molecule has 0 amide bonds. The fourth-order valence-corrected chi connectivity index (χ4v) is 4.25. The zero-order chi connectivity index (χ0) is 16.5. The van der Waals surface area contributed by atoms with Crippen molar-refractivity contribution in [2.24, 2.45) is 5.41 Å². The molecule has 0 bridgehead atoms. The van der Waals surface area contributed by atoms with E-state index in [0.717, 1.165) is 19.3 Å². The Hall–Kier alpha value is -1.45. The summed E-state index contributed by atoms with van der Waals surface area (Å²) in [4.78, 5) is 11.6. The maximum atomic E-state index is 12.6. The van der Waals surface area contributed by atoms with Gasteiger partial charge in [-0.3, -0.25) is 4.79 Å². The molecule has 0 radical (unpaired) electrons. The molecule has 128 valence electrons. The van der Waals surface area contributed by atoms with Gasteiger partial charge in [-0.2, -0.15) is 5.10 Å². The average molecular weight is 343 g/mol. The number of nitrogens with zero attached hydrogens (tertiary/aromatic N) is 2. The van der Waals surface area contributed by atoms with Crippen molar-refractivity contribution in [3.63, 3.8) is 0 Å². The van der Waals surface area contributed by atoms with Crippen molar-refractivity contribution in [3.05, 3.63) is 12.3 Å². The van der Waals surface area contributed by atoms with Crippen LogP contribution in [0.2, 0.25) is 0 Å². The largest absolute Gasteiger partial charge is 0.481 e. The van der Waals surface area contributed by atoms with E-state index in [2.05, 4.69) is 9.82 Å². The molecular weight excluding hydrogens is 322 g/mol. The van der Waals surface area contributed by atoms with Gasteiger partial charge in [0, 0.05) is 19.8 Å². The maximum Gasteiger partial charge on any atom is 0.311 e. The third-order valence-electron chi connectivity index (χ3n) is 4.83. The van der Waals surface area contributed by atoms with Crippen LogP contribution in [0, 0.1) is 5.41 Å². The van der Waals surface area contributed by atoms with Crippen molar-refractivity contribution in [2.75, 3.05) is 19.8 Å². The molecule has 1 aliphatic carbocycles. The van der Waals surface area contributed by atoms with Crippen LogP contribution in [0.1, 0.15) is 38.1 Å². The average Bonchev–Trinajstić information content (AvgIpc) is 2.94. The Bertz CT molecular complexity index is 674. The van der Waals surface area contributed by atoms with Gasteiger partial charge in [0.1, 0.15) is 0 Å². The first-order valence-corrected chi connectivity index (χ1v) is 9.27. The second kappa shape index (κ2) is 6.21. The molecule has 1 saturated carbocycles. The van der Waals surface area contributed by atoms with Gasteiger partial charge < -0.3 is 9.84 Å². The highest BCUT2D eigenvalue weighted by molar-refractivity contribution is 7.89. The number of hydrogen-bond donors (Lipinski definition) is 2. The summed E-state index contributed by atoms with van der Waals surface area (Å²) in [5, 5.41) is 13.7. The number of sulfonamides is 1. The molecule has 1 aliphatic heterocycles. The zero-order valence-electron chi connectivity index (χ0n) is 12.8. The van der Waals surface area contributed by atoms with E-state index in [-0.39, 0.29) is 17.6 Å². The molecule has 1 saturated heterocycles. The van der Waals surface area contributed by atoms with Crippen LogP contribution in [0.3, 0.4) is 0 Å². The minimum absolute atomic E-state index is 0.106. The van der Waals surface area contributed by atoms with Crippen molar-refractivity contribution in [1.82, 2.24) is 14.5 Å². The second-order valence-corrected chi connectivity index (χ2v) is 7.93. The Balaban J connectivity index is 1.76. The van der Waals surface area contributed by atoms with Gasteiger partial charge in [0.15, 0.2) is 5.03 Å². The van der Waals surface area contributed by atoms with Crippen LogP contribution in [0.25, 0.3) is 0 Å². The van der Waals surface area contributed by atoms with E-state index < -0.39 is 21.4 Å². The number of ether oxygens (including phenoxy) is 1. The van der Waals surface area contributed by atoms with E-state index >= 15 is 0 Å². The topological polar surface area (TPSA) is 111 Å². The Morgan fingerprint density at radius 2 is 2.13 bits per heavy atom. The highest BCUT2D eigenvalue weighted by Crippen LogP contribution is 2.33. The molecule has 23 heavy (non-hydrogen) atoms. The molecule has 2 heterocycles. The lowest BCUT2D eigenvalue weighted by Crippen LogP contribution is -2.46. The van der Waals surface area contributed by atoms with E-state index in [9.17, 15) is 18.3 Å². The van der Waals surface area contributed by atoms with Gasteiger partial charge in [-0.15, -0.1) is 0 Å². The number of carboxylic acid groups (broad SMARTS) is 1. The molecule has 0 spiro atoms. The van der Waals surface area contributed by atoms with Crippen LogP contribution in [-0.4, -0.2) is 49.0 Å². The normalized spacial score (nSPS) is 21.7. The predicted molar refractivity (Wildman–Crippen MR) is 80.4 cm³/mol. The van der Waals surface area contributed by atoms with E-state index in [0.29, 0.717) is 26.1 Å². The smallest absolute Gasteiger partial charge is 0.311 e. The summed E-state index contributed by atoms with van der Waals surface area (Å²) >= 11 is 0. The Morgan fingerprint density at radius 3 is 2.70 bits per heavy atom. The van der Waals surface area contributed by atoms with Crippen molar-refractivity contribution < 1.29 is 23.1 Å². The van der Waals surface area contributed by atoms with E-state index in [1.54, 1.807) is 0 Å². The van der Waals surface area contributed by atoms with E-state index in [1.807, 2.05) is 0 Å². The summed E-state index contributed by atoms with van der Waals surface area (Å²) in [6.07, 6.45) is 4.97. The van der Waals surface area contributed by atoms with Crippen molar-refractivity contribution in [1.29, 1.82) is 0 Å². The number of carbonyl (C=O) groups is 1. The van der Waals surface area contributed by atoms with Crippen LogP contribution in [0.15, 0.2) is 17.3 Å². The molecule has 0 atom stereocenters. The Morgan fingerprint density at radius 1 is 1.43 bits per heavy atom. The van der Waals surface area contributed by atoms with Crippen molar-refractivity contribution in [2.45, 2.75) is 43.2 Å². The number of rotatable bonds is 6. The molecule has 0 aromatic carbocycles. The summed E-state index contributed by atoms with van der Waals surface area (Å²) in [6.45, 7) is 0.520. The highest BCUT2D eigenvalue weighted by atomic mass is 32.2. The second-order valence-electron chi connectivity index (χ2n) is 6.22. The van der Waals surface area contributed by atoms with Crippen LogP contribution >= 0.6 is 0 Å². The zero-order valence-corrected chi connectivity index (χ0v) is 13.6. The van der Waals surface area contributed by atoms with Crippen LogP contribution < -0.4 is 4.72 Å². The monoisotopic (exact) mass is 343 g/mol. The number of carboxylic acids is 1. The van der Waals surface area contributed by atoms with Crippen LogP contribution in [-0.2, 0) is 19.6 Å². The van der Waals surface area contributed by atoms with Gasteiger partial charge in [0.05, 0.1) is 17.7 Å². The van der Waals surface area contributed by atoms with Gasteiger partial charge in [-0.05, 0) is 38.2 Å². The molecular formula is C14H21N3O5S. The Labute approximate surface area is 134 Å². The van der Waals surface area contributed by atoms with Gasteiger partial charge in [-0.1, -0.05) is 0 Å². The molecule has 2 fully saturated rings. The molecule has 2 aliphatic rings. The lowest BCUT2D eigenvalue weighted by Gasteiger charge is -2.33. The minimum atomic E-state index is -3.79. The number of aliphatic carboxylic acids is 1. The summed E-state index contributed by atoms with van der Waals surface area (Å²) in [7, 11) is -3.79.